The van der Waals surface area contributed by atoms with Gasteiger partial charge in [-0.05, 0) is 37.5 Å². The molecule has 0 spiro atoms. The molecule has 1 saturated heterocycles. The number of amides is 1. The number of aliphatic hydroxyl groups excluding tert-OH is 2. The van der Waals surface area contributed by atoms with Crippen LogP contribution in [0.25, 0.3) is 6.08 Å². The van der Waals surface area contributed by atoms with Crippen molar-refractivity contribution in [1.82, 2.24) is 4.90 Å². The lowest BCUT2D eigenvalue weighted by Crippen LogP contribution is -2.43. The molecule has 0 aliphatic carbocycles. The number of allylic oxidation sites excluding steroid dienone is 4. The van der Waals surface area contributed by atoms with Gasteiger partial charge in [0.1, 0.15) is 0 Å². The molecular formula is C25H33NO6. The molecule has 0 bridgehead atoms. The minimum atomic E-state index is -0.815. The second kappa shape index (κ2) is 11.9. The number of rotatable bonds is 9. The largest absolute Gasteiger partial charge is 0.454 e. The van der Waals surface area contributed by atoms with Gasteiger partial charge >= 0.3 is 0 Å². The third kappa shape index (κ3) is 6.95. The van der Waals surface area contributed by atoms with E-state index in [2.05, 4.69) is 0 Å². The maximum absolute atomic E-state index is 12.5. The summed E-state index contributed by atoms with van der Waals surface area (Å²) in [5.74, 6) is 1.30. The molecule has 4 atom stereocenters. The molecule has 0 aromatic heterocycles. The van der Waals surface area contributed by atoms with Crippen LogP contribution < -0.4 is 9.47 Å². The molecule has 2 aliphatic heterocycles. The SMILES string of the molecule is CC(O)C(O)C(C)COC1CCCN(C(=O)/C=C/C=C/C=C/c2ccc3c(c2)OCO3)C1. The Kier molecular flexibility index (Phi) is 8.90. The van der Waals surface area contributed by atoms with Crippen molar-refractivity contribution in [2.45, 2.75) is 45.0 Å². The van der Waals surface area contributed by atoms with Crippen molar-refractivity contribution in [2.24, 2.45) is 5.92 Å². The number of piperidine rings is 1. The van der Waals surface area contributed by atoms with E-state index in [4.69, 9.17) is 14.2 Å². The summed E-state index contributed by atoms with van der Waals surface area (Å²) in [6.07, 6.45) is 10.9. The Hall–Kier alpha value is -2.61. The lowest BCUT2D eigenvalue weighted by atomic mass is 10.0. The first-order chi connectivity index (χ1) is 15.4. The first-order valence-corrected chi connectivity index (χ1v) is 11.1. The summed E-state index contributed by atoms with van der Waals surface area (Å²) in [7, 11) is 0. The van der Waals surface area contributed by atoms with Gasteiger partial charge in [-0.25, -0.2) is 0 Å². The number of hydrogen-bond acceptors (Lipinski definition) is 6. The average Bonchev–Trinajstić information content (AvgIpc) is 3.27. The fraction of sp³-hybridized carbons (Fsp3) is 0.480. The van der Waals surface area contributed by atoms with Crippen LogP contribution >= 0.6 is 0 Å². The van der Waals surface area contributed by atoms with Gasteiger partial charge in [-0.2, -0.15) is 0 Å². The van der Waals surface area contributed by atoms with Gasteiger partial charge in [0.15, 0.2) is 11.5 Å². The van der Waals surface area contributed by atoms with Crippen LogP contribution in [0.4, 0.5) is 0 Å². The van der Waals surface area contributed by atoms with Gasteiger partial charge in [-0.1, -0.05) is 43.4 Å². The Balaban J connectivity index is 1.41. The highest BCUT2D eigenvalue weighted by atomic mass is 16.7. The Morgan fingerprint density at radius 3 is 2.78 bits per heavy atom. The van der Waals surface area contributed by atoms with Gasteiger partial charge in [0.05, 0.1) is 24.9 Å². The number of likely N-dealkylation sites (tertiary alicyclic amines) is 1. The van der Waals surface area contributed by atoms with Gasteiger partial charge in [-0.15, -0.1) is 0 Å². The van der Waals surface area contributed by atoms with Crippen LogP contribution in [0.3, 0.4) is 0 Å². The van der Waals surface area contributed by atoms with Crippen LogP contribution in [0.1, 0.15) is 32.3 Å². The molecule has 4 unspecified atom stereocenters. The van der Waals surface area contributed by atoms with E-state index in [1.807, 2.05) is 49.4 Å². The number of aliphatic hydroxyl groups is 2. The summed E-state index contributed by atoms with van der Waals surface area (Å²) >= 11 is 0. The molecule has 174 valence electrons. The molecule has 2 heterocycles. The number of fused-ring (bicyclic) bond motifs is 1. The van der Waals surface area contributed by atoms with Crippen LogP contribution in [0, 0.1) is 5.92 Å². The molecule has 7 nitrogen and oxygen atoms in total. The second-order valence-corrected chi connectivity index (χ2v) is 8.31. The van der Waals surface area contributed by atoms with Crippen molar-refractivity contribution in [3.8, 4) is 11.5 Å². The van der Waals surface area contributed by atoms with Gasteiger partial charge in [-0.3, -0.25) is 4.79 Å². The van der Waals surface area contributed by atoms with Crippen molar-refractivity contribution < 1.29 is 29.2 Å². The van der Waals surface area contributed by atoms with Crippen molar-refractivity contribution in [1.29, 1.82) is 0 Å². The van der Waals surface area contributed by atoms with E-state index >= 15 is 0 Å². The summed E-state index contributed by atoms with van der Waals surface area (Å²) < 4.78 is 16.6. The van der Waals surface area contributed by atoms with Crippen molar-refractivity contribution in [3.05, 3.63) is 54.1 Å². The van der Waals surface area contributed by atoms with Crippen LogP contribution in [0.2, 0.25) is 0 Å². The standard InChI is InChI=1S/C25H33NO6/c1-18(25(29)19(2)27)16-30-21-9-7-13-26(15-21)24(28)10-6-4-3-5-8-20-11-12-22-23(14-20)32-17-31-22/h3-6,8,10-12,14,18-19,21,25,27,29H,7,9,13,15-17H2,1-2H3/b4-3+,8-5+,10-6+. The molecule has 2 aliphatic rings. The highest BCUT2D eigenvalue weighted by Gasteiger charge is 2.25. The number of carbonyl (C=O) groups excluding carboxylic acids is 1. The lowest BCUT2D eigenvalue weighted by Gasteiger charge is -2.33. The topological polar surface area (TPSA) is 88.5 Å². The van der Waals surface area contributed by atoms with E-state index in [9.17, 15) is 15.0 Å². The monoisotopic (exact) mass is 443 g/mol. The van der Waals surface area contributed by atoms with E-state index in [1.54, 1.807) is 24.0 Å². The molecular weight excluding hydrogens is 410 g/mol. The number of benzene rings is 1. The molecule has 7 heteroatoms. The summed E-state index contributed by atoms with van der Waals surface area (Å²) in [6, 6.07) is 5.76. The van der Waals surface area contributed by atoms with Crippen LogP contribution in [0.5, 0.6) is 11.5 Å². The average molecular weight is 444 g/mol. The number of ether oxygens (including phenoxy) is 3. The van der Waals surface area contributed by atoms with Gasteiger partial charge in [0.2, 0.25) is 12.7 Å². The maximum Gasteiger partial charge on any atom is 0.246 e. The molecule has 32 heavy (non-hydrogen) atoms. The van der Waals surface area contributed by atoms with E-state index in [1.165, 1.54) is 0 Å². The molecule has 1 amide bonds. The molecule has 3 rings (SSSR count). The second-order valence-electron chi connectivity index (χ2n) is 8.31. The minimum Gasteiger partial charge on any atom is -0.454 e. The normalized spacial score (nSPS) is 21.5. The van der Waals surface area contributed by atoms with Crippen molar-refractivity contribution in [2.75, 3.05) is 26.5 Å². The van der Waals surface area contributed by atoms with Crippen LogP contribution in [-0.2, 0) is 9.53 Å². The van der Waals surface area contributed by atoms with Crippen LogP contribution in [0.15, 0.2) is 48.6 Å². The number of hydrogen-bond donors (Lipinski definition) is 2. The van der Waals surface area contributed by atoms with E-state index in [0.29, 0.717) is 19.7 Å². The fourth-order valence-corrected chi connectivity index (χ4v) is 3.69. The smallest absolute Gasteiger partial charge is 0.246 e. The molecule has 1 aromatic rings. The number of carbonyl (C=O) groups is 1. The quantitative estimate of drug-likeness (QED) is 0.451. The van der Waals surface area contributed by atoms with Crippen molar-refractivity contribution in [3.63, 3.8) is 0 Å². The Morgan fingerprint density at radius 1 is 1.19 bits per heavy atom. The lowest BCUT2D eigenvalue weighted by molar-refractivity contribution is -0.131. The summed E-state index contributed by atoms with van der Waals surface area (Å²) in [5.41, 5.74) is 1.01. The Bertz CT molecular complexity index is 847. The van der Waals surface area contributed by atoms with E-state index in [0.717, 1.165) is 29.9 Å². The van der Waals surface area contributed by atoms with Gasteiger partial charge in [0, 0.05) is 25.1 Å². The number of nitrogens with zero attached hydrogens (tertiary/aromatic N) is 1. The maximum atomic E-state index is 12.5. The highest BCUT2D eigenvalue weighted by Crippen LogP contribution is 2.32. The molecule has 0 radical (unpaired) electrons. The third-order valence-corrected chi connectivity index (χ3v) is 5.62. The zero-order valence-corrected chi connectivity index (χ0v) is 18.7. The summed E-state index contributed by atoms with van der Waals surface area (Å²) in [5, 5.41) is 19.4. The molecule has 0 saturated carbocycles. The fourth-order valence-electron chi connectivity index (χ4n) is 3.69. The van der Waals surface area contributed by atoms with Gasteiger partial charge < -0.3 is 29.3 Å². The molecule has 1 fully saturated rings. The minimum absolute atomic E-state index is 0.0419. The van der Waals surface area contributed by atoms with Crippen LogP contribution in [-0.4, -0.2) is 65.8 Å². The Labute approximate surface area is 189 Å². The summed E-state index contributed by atoms with van der Waals surface area (Å²) in [6.45, 7) is 5.27. The van der Waals surface area contributed by atoms with E-state index in [-0.39, 0.29) is 24.7 Å². The highest BCUT2D eigenvalue weighted by molar-refractivity contribution is 5.88. The Morgan fingerprint density at radius 2 is 1.97 bits per heavy atom. The predicted octanol–water partition coefficient (Wildman–Crippen LogP) is 2.93. The zero-order chi connectivity index (χ0) is 22.9. The first-order valence-electron chi connectivity index (χ1n) is 11.1. The third-order valence-electron chi connectivity index (χ3n) is 5.62. The summed E-state index contributed by atoms with van der Waals surface area (Å²) in [4.78, 5) is 14.3. The molecule has 1 aromatic carbocycles. The first kappa shape index (κ1) is 24.0. The predicted molar refractivity (Wildman–Crippen MR) is 122 cm³/mol. The van der Waals surface area contributed by atoms with E-state index < -0.39 is 12.2 Å². The molecule has 2 N–H and O–H groups in total. The zero-order valence-electron chi connectivity index (χ0n) is 18.7. The van der Waals surface area contributed by atoms with Crippen molar-refractivity contribution >= 4 is 12.0 Å². The van der Waals surface area contributed by atoms with Gasteiger partial charge in [0.25, 0.3) is 0 Å².